The first-order valence-electron chi connectivity index (χ1n) is 9.62. The number of hydrogen-bond acceptors (Lipinski definition) is 6. The number of nitrogen functional groups attached to an aromatic ring is 1. The Balaban J connectivity index is 1.51. The number of halogens is 1. The van der Waals surface area contributed by atoms with Crippen molar-refractivity contribution in [3.05, 3.63) is 63.7 Å². The summed E-state index contributed by atoms with van der Waals surface area (Å²) in [4.78, 5) is 22.2. The van der Waals surface area contributed by atoms with Crippen LogP contribution >= 0.6 is 0 Å². The highest BCUT2D eigenvalue weighted by Crippen LogP contribution is 2.30. The van der Waals surface area contributed by atoms with Crippen LogP contribution in [0.2, 0.25) is 0 Å². The van der Waals surface area contributed by atoms with E-state index >= 15 is 0 Å². The van der Waals surface area contributed by atoms with Crippen molar-refractivity contribution < 1.29 is 4.39 Å². The molecule has 5 N–H and O–H groups in total. The summed E-state index contributed by atoms with van der Waals surface area (Å²) in [5.41, 5.74) is 9.52. The largest absolute Gasteiger partial charge is 0.397 e. The van der Waals surface area contributed by atoms with Gasteiger partial charge in [0.15, 0.2) is 0 Å². The van der Waals surface area contributed by atoms with Gasteiger partial charge in [0, 0.05) is 37.6 Å². The number of hydrogen-bond donors (Lipinski definition) is 4. The van der Waals surface area contributed by atoms with E-state index in [2.05, 4.69) is 37.6 Å². The number of pyridine rings is 1. The van der Waals surface area contributed by atoms with Crippen LogP contribution in [0.4, 0.5) is 21.5 Å². The highest BCUT2D eigenvalue weighted by atomic mass is 19.1. The van der Waals surface area contributed by atoms with Gasteiger partial charge in [-0.05, 0) is 35.9 Å². The van der Waals surface area contributed by atoms with Crippen LogP contribution in [-0.2, 0) is 6.54 Å². The van der Waals surface area contributed by atoms with Gasteiger partial charge in [0.2, 0.25) is 0 Å². The SMILES string of the molecule is Nc1c(C2=NCc3cc(N4CCNCC4)ccc3N2)c(=O)[nH]c2cccc(F)c12. The van der Waals surface area contributed by atoms with Gasteiger partial charge in [-0.1, -0.05) is 6.07 Å². The molecule has 148 valence electrons. The molecule has 0 spiro atoms. The predicted molar refractivity (Wildman–Crippen MR) is 114 cm³/mol. The molecule has 0 unspecified atom stereocenters. The number of piperazine rings is 1. The number of anilines is 3. The topological polar surface area (TPSA) is 98.5 Å². The maximum atomic E-state index is 14.3. The number of benzene rings is 2. The van der Waals surface area contributed by atoms with Crippen LogP contribution in [0, 0.1) is 5.82 Å². The normalized spacial score (nSPS) is 16.3. The van der Waals surface area contributed by atoms with E-state index in [1.165, 1.54) is 12.1 Å². The number of fused-ring (bicyclic) bond motifs is 2. The van der Waals surface area contributed by atoms with Crippen LogP contribution in [-0.4, -0.2) is 37.0 Å². The molecule has 3 aromatic rings. The average Bonchev–Trinajstić information content (AvgIpc) is 2.74. The number of rotatable bonds is 2. The third kappa shape index (κ3) is 3.01. The molecule has 8 heteroatoms. The lowest BCUT2D eigenvalue weighted by molar-refractivity contribution is 0.589. The number of amidine groups is 1. The second-order valence-electron chi connectivity index (χ2n) is 7.27. The molecule has 1 fully saturated rings. The van der Waals surface area contributed by atoms with E-state index in [0.29, 0.717) is 17.9 Å². The van der Waals surface area contributed by atoms with Gasteiger partial charge >= 0.3 is 0 Å². The maximum Gasteiger partial charge on any atom is 0.261 e. The van der Waals surface area contributed by atoms with Crippen molar-refractivity contribution in [2.45, 2.75) is 6.54 Å². The zero-order chi connectivity index (χ0) is 20.0. The van der Waals surface area contributed by atoms with Crippen LogP contribution < -0.4 is 26.8 Å². The molecule has 1 aromatic heterocycles. The Kier molecular flexibility index (Phi) is 4.21. The number of aliphatic imine (C=N–C) groups is 1. The molecule has 1 saturated heterocycles. The summed E-state index contributed by atoms with van der Waals surface area (Å²) in [5, 5.41) is 6.76. The van der Waals surface area contributed by atoms with Crippen molar-refractivity contribution in [3.8, 4) is 0 Å². The number of nitrogens with one attached hydrogen (secondary N) is 3. The van der Waals surface area contributed by atoms with Crippen molar-refractivity contribution in [2.75, 3.05) is 42.1 Å². The fourth-order valence-corrected chi connectivity index (χ4v) is 3.99. The first-order valence-corrected chi connectivity index (χ1v) is 9.62. The van der Waals surface area contributed by atoms with Gasteiger partial charge in [-0.25, -0.2) is 4.39 Å². The second kappa shape index (κ2) is 6.89. The number of aromatic amines is 1. The number of nitrogens with zero attached hydrogens (tertiary/aromatic N) is 2. The highest BCUT2D eigenvalue weighted by Gasteiger charge is 2.22. The Labute approximate surface area is 166 Å². The van der Waals surface area contributed by atoms with Crippen LogP contribution in [0.5, 0.6) is 0 Å². The van der Waals surface area contributed by atoms with E-state index < -0.39 is 11.4 Å². The van der Waals surface area contributed by atoms with Gasteiger partial charge < -0.3 is 26.3 Å². The highest BCUT2D eigenvalue weighted by molar-refractivity contribution is 6.15. The first kappa shape index (κ1) is 17.7. The molecular weight excluding hydrogens is 371 g/mol. The zero-order valence-electron chi connectivity index (χ0n) is 15.8. The lowest BCUT2D eigenvalue weighted by Gasteiger charge is -2.30. The van der Waals surface area contributed by atoms with Gasteiger partial charge in [0.25, 0.3) is 5.56 Å². The van der Waals surface area contributed by atoms with Gasteiger partial charge in [0.1, 0.15) is 17.2 Å². The molecule has 0 amide bonds. The van der Waals surface area contributed by atoms with Crippen molar-refractivity contribution in [1.29, 1.82) is 0 Å². The minimum Gasteiger partial charge on any atom is -0.397 e. The van der Waals surface area contributed by atoms with Crippen LogP contribution in [0.15, 0.2) is 46.2 Å². The molecule has 7 nitrogen and oxygen atoms in total. The summed E-state index contributed by atoms with van der Waals surface area (Å²) in [6.07, 6.45) is 0. The van der Waals surface area contributed by atoms with E-state index in [4.69, 9.17) is 5.73 Å². The first-order chi connectivity index (χ1) is 14.1. The third-order valence-corrected chi connectivity index (χ3v) is 5.50. The Bertz CT molecular complexity index is 1200. The fraction of sp³-hybridized carbons (Fsp3) is 0.238. The van der Waals surface area contributed by atoms with Gasteiger partial charge in [-0.2, -0.15) is 0 Å². The van der Waals surface area contributed by atoms with Gasteiger partial charge in [-0.15, -0.1) is 0 Å². The van der Waals surface area contributed by atoms with E-state index in [9.17, 15) is 9.18 Å². The molecule has 0 radical (unpaired) electrons. The van der Waals surface area contributed by atoms with E-state index in [-0.39, 0.29) is 16.6 Å². The lowest BCUT2D eigenvalue weighted by Crippen LogP contribution is -2.43. The van der Waals surface area contributed by atoms with E-state index in [1.807, 2.05) is 6.07 Å². The molecular formula is C21H21FN6O. The summed E-state index contributed by atoms with van der Waals surface area (Å²) in [7, 11) is 0. The van der Waals surface area contributed by atoms with Crippen molar-refractivity contribution in [3.63, 3.8) is 0 Å². The summed E-state index contributed by atoms with van der Waals surface area (Å²) in [6, 6.07) is 10.7. The smallest absolute Gasteiger partial charge is 0.261 e. The van der Waals surface area contributed by atoms with Crippen molar-refractivity contribution in [1.82, 2.24) is 10.3 Å². The molecule has 2 aromatic carbocycles. The Morgan fingerprint density at radius 1 is 1.14 bits per heavy atom. The predicted octanol–water partition coefficient (Wildman–Crippen LogP) is 2.03. The molecule has 3 heterocycles. The van der Waals surface area contributed by atoms with Crippen molar-refractivity contribution in [2.24, 2.45) is 4.99 Å². The molecule has 2 aliphatic rings. The van der Waals surface area contributed by atoms with Crippen LogP contribution in [0.3, 0.4) is 0 Å². The standard InChI is InChI=1S/C21H21FN6O/c22-14-2-1-3-16-17(14)19(23)18(21(29)27-16)20-25-11-12-10-13(4-5-15(12)26-20)28-8-6-24-7-9-28/h1-5,10,24H,6-9,11H2,(H,25,26)(H3,23,27,29). The van der Waals surface area contributed by atoms with Gasteiger partial charge in [0.05, 0.1) is 23.1 Å². The van der Waals surface area contributed by atoms with Crippen LogP contribution in [0.25, 0.3) is 10.9 Å². The zero-order valence-corrected chi connectivity index (χ0v) is 15.8. The molecule has 0 saturated carbocycles. The summed E-state index contributed by atoms with van der Waals surface area (Å²) >= 11 is 0. The number of nitrogens with two attached hydrogens (primary N) is 1. The maximum absolute atomic E-state index is 14.3. The monoisotopic (exact) mass is 392 g/mol. The summed E-state index contributed by atoms with van der Waals surface area (Å²) < 4.78 is 14.3. The fourth-order valence-electron chi connectivity index (χ4n) is 3.99. The lowest BCUT2D eigenvalue weighted by atomic mass is 10.0. The Morgan fingerprint density at radius 2 is 1.97 bits per heavy atom. The Morgan fingerprint density at radius 3 is 2.79 bits per heavy atom. The molecule has 0 atom stereocenters. The quantitative estimate of drug-likeness (QED) is 0.535. The molecule has 2 aliphatic heterocycles. The molecule has 29 heavy (non-hydrogen) atoms. The van der Waals surface area contributed by atoms with E-state index in [1.54, 1.807) is 6.07 Å². The molecule has 0 bridgehead atoms. The molecule has 5 rings (SSSR count). The average molecular weight is 392 g/mol. The third-order valence-electron chi connectivity index (χ3n) is 5.50. The minimum atomic E-state index is -0.477. The van der Waals surface area contributed by atoms with Crippen molar-refractivity contribution >= 4 is 33.8 Å². The van der Waals surface area contributed by atoms with Crippen LogP contribution in [0.1, 0.15) is 11.1 Å². The molecule has 0 aliphatic carbocycles. The number of H-pyrrole nitrogens is 1. The van der Waals surface area contributed by atoms with E-state index in [0.717, 1.165) is 43.1 Å². The number of aromatic nitrogens is 1. The minimum absolute atomic E-state index is 0.0917. The van der Waals surface area contributed by atoms with Gasteiger partial charge in [-0.3, -0.25) is 9.79 Å². The Hall–Kier alpha value is -3.39. The summed E-state index contributed by atoms with van der Waals surface area (Å²) in [5.74, 6) is -0.119. The second-order valence-corrected chi connectivity index (χ2v) is 7.27. The summed E-state index contributed by atoms with van der Waals surface area (Å²) in [6.45, 7) is 4.30.